The normalized spacial score (nSPS) is 12.5. The second-order valence-electron chi connectivity index (χ2n) is 5.25. The molecule has 0 unspecified atom stereocenters. The molecular weight excluding hydrogens is 338 g/mol. The zero-order valence-corrected chi connectivity index (χ0v) is 14.2. The summed E-state index contributed by atoms with van der Waals surface area (Å²) in [7, 11) is 1.64. The van der Waals surface area contributed by atoms with E-state index in [1.807, 2.05) is 47.8 Å². The van der Waals surface area contributed by atoms with Gasteiger partial charge in [-0.05, 0) is 48.0 Å². The van der Waals surface area contributed by atoms with Gasteiger partial charge >= 0.3 is 0 Å². The van der Waals surface area contributed by atoms with E-state index in [1.165, 1.54) is 11.3 Å². The van der Waals surface area contributed by atoms with Gasteiger partial charge < -0.3 is 14.2 Å². The number of methoxy groups -OCH3 is 1. The highest BCUT2D eigenvalue weighted by molar-refractivity contribution is 7.14. The Morgan fingerprint density at radius 3 is 2.84 bits per heavy atom. The molecule has 0 bridgehead atoms. The minimum Gasteiger partial charge on any atom is -0.497 e. The van der Waals surface area contributed by atoms with E-state index >= 15 is 0 Å². The van der Waals surface area contributed by atoms with Crippen molar-refractivity contribution in [2.45, 2.75) is 0 Å². The Bertz CT molecular complexity index is 906. The Morgan fingerprint density at radius 1 is 1.16 bits per heavy atom. The number of aromatic nitrogens is 1. The fourth-order valence-electron chi connectivity index (χ4n) is 2.37. The summed E-state index contributed by atoms with van der Waals surface area (Å²) in [6.07, 6.45) is 1.74. The highest BCUT2D eigenvalue weighted by Crippen LogP contribution is 2.36. The molecule has 0 saturated heterocycles. The first-order valence-corrected chi connectivity index (χ1v) is 8.48. The summed E-state index contributed by atoms with van der Waals surface area (Å²) in [5, 5.41) is 6.91. The van der Waals surface area contributed by atoms with E-state index in [0.29, 0.717) is 0 Å². The number of hydrazone groups is 1. The van der Waals surface area contributed by atoms with Gasteiger partial charge in [-0.15, -0.1) is 11.3 Å². The molecule has 0 radical (unpaired) electrons. The van der Waals surface area contributed by atoms with E-state index in [9.17, 15) is 0 Å². The van der Waals surface area contributed by atoms with Crippen LogP contribution in [0.2, 0.25) is 0 Å². The molecule has 3 aromatic rings. The number of nitrogens with zero attached hydrogens (tertiary/aromatic N) is 2. The second-order valence-corrected chi connectivity index (χ2v) is 6.11. The number of hydrogen-bond acceptors (Lipinski definition) is 7. The van der Waals surface area contributed by atoms with Gasteiger partial charge in [0.15, 0.2) is 11.5 Å². The summed E-state index contributed by atoms with van der Waals surface area (Å²) in [4.78, 5) is 4.54. The Kier molecular flexibility index (Phi) is 4.22. The first-order chi connectivity index (χ1) is 12.3. The van der Waals surface area contributed by atoms with Gasteiger partial charge in [0.2, 0.25) is 11.9 Å². The van der Waals surface area contributed by atoms with Gasteiger partial charge in [-0.3, -0.25) is 5.43 Å². The van der Waals surface area contributed by atoms with Gasteiger partial charge in [0, 0.05) is 10.9 Å². The number of benzene rings is 2. The largest absolute Gasteiger partial charge is 0.497 e. The van der Waals surface area contributed by atoms with Gasteiger partial charge in [-0.1, -0.05) is 0 Å². The lowest BCUT2D eigenvalue weighted by Crippen LogP contribution is -1.92. The summed E-state index contributed by atoms with van der Waals surface area (Å²) >= 11 is 1.49. The Morgan fingerprint density at radius 2 is 2.00 bits per heavy atom. The molecule has 0 fully saturated rings. The van der Waals surface area contributed by atoms with E-state index < -0.39 is 0 Å². The summed E-state index contributed by atoms with van der Waals surface area (Å²) < 4.78 is 15.9. The van der Waals surface area contributed by atoms with Crippen LogP contribution in [-0.2, 0) is 0 Å². The predicted octanol–water partition coefficient (Wildman–Crippen LogP) is 3.99. The highest BCUT2D eigenvalue weighted by Gasteiger charge is 2.14. The predicted molar refractivity (Wildman–Crippen MR) is 97.9 cm³/mol. The van der Waals surface area contributed by atoms with Crippen molar-refractivity contribution in [3.63, 3.8) is 0 Å². The van der Waals surface area contributed by atoms with E-state index in [1.54, 1.807) is 13.3 Å². The highest BCUT2D eigenvalue weighted by atomic mass is 32.1. The number of thiazole rings is 1. The standard InChI is InChI=1S/C18H15N3O3S/c1-22-14-5-2-12(3-6-14)9-19-21-18-20-15(10-25-18)13-4-7-16-17(8-13)24-11-23-16/h2-10H,11H2,1H3,(H,20,21)/b19-9+. The molecule has 7 heteroatoms. The van der Waals surface area contributed by atoms with Crippen LogP contribution in [0.3, 0.4) is 0 Å². The van der Waals surface area contributed by atoms with E-state index in [0.717, 1.165) is 39.2 Å². The van der Waals surface area contributed by atoms with Crippen molar-refractivity contribution in [2.75, 3.05) is 19.3 Å². The van der Waals surface area contributed by atoms with E-state index in [-0.39, 0.29) is 6.79 Å². The van der Waals surface area contributed by atoms with Crippen LogP contribution >= 0.6 is 11.3 Å². The molecule has 6 nitrogen and oxygen atoms in total. The van der Waals surface area contributed by atoms with Gasteiger partial charge in [0.1, 0.15) is 5.75 Å². The van der Waals surface area contributed by atoms with Gasteiger partial charge in [0.25, 0.3) is 0 Å². The third kappa shape index (κ3) is 3.41. The number of nitrogens with one attached hydrogen (secondary N) is 1. The molecule has 1 N–H and O–H groups in total. The van der Waals surface area contributed by atoms with Crippen LogP contribution in [0, 0.1) is 0 Å². The first-order valence-electron chi connectivity index (χ1n) is 7.60. The van der Waals surface area contributed by atoms with Crippen molar-refractivity contribution in [3.05, 3.63) is 53.4 Å². The molecule has 1 aromatic heterocycles. The monoisotopic (exact) mass is 353 g/mol. The molecule has 0 saturated carbocycles. The minimum atomic E-state index is 0.267. The number of anilines is 1. The first kappa shape index (κ1) is 15.5. The number of hydrogen-bond donors (Lipinski definition) is 1. The number of fused-ring (bicyclic) bond motifs is 1. The average molecular weight is 353 g/mol. The summed E-state index contributed by atoms with van der Waals surface area (Å²) in [6, 6.07) is 13.4. The smallest absolute Gasteiger partial charge is 0.231 e. The number of rotatable bonds is 5. The molecule has 0 spiro atoms. The van der Waals surface area contributed by atoms with Crippen molar-refractivity contribution in [3.8, 4) is 28.5 Å². The maximum Gasteiger partial charge on any atom is 0.231 e. The lowest BCUT2D eigenvalue weighted by molar-refractivity contribution is 0.174. The zero-order chi connectivity index (χ0) is 17.1. The summed E-state index contributed by atoms with van der Waals surface area (Å²) in [5.41, 5.74) is 5.77. The van der Waals surface area contributed by atoms with E-state index in [4.69, 9.17) is 14.2 Å². The summed E-state index contributed by atoms with van der Waals surface area (Å²) in [6.45, 7) is 0.267. The minimum absolute atomic E-state index is 0.267. The Balaban J connectivity index is 1.43. The molecule has 0 aliphatic carbocycles. The molecule has 1 aliphatic rings. The Hall–Kier alpha value is -3.06. The lowest BCUT2D eigenvalue weighted by Gasteiger charge is -2.00. The Labute approximate surface area is 148 Å². The van der Waals surface area contributed by atoms with Crippen LogP contribution in [0.1, 0.15) is 5.56 Å². The molecule has 126 valence electrons. The maximum atomic E-state index is 5.40. The average Bonchev–Trinajstić information content (AvgIpc) is 3.31. The van der Waals surface area contributed by atoms with Crippen molar-refractivity contribution >= 4 is 22.7 Å². The van der Waals surface area contributed by atoms with Crippen molar-refractivity contribution in [1.82, 2.24) is 4.98 Å². The fraction of sp³-hybridized carbons (Fsp3) is 0.111. The lowest BCUT2D eigenvalue weighted by atomic mass is 10.1. The van der Waals surface area contributed by atoms with Crippen LogP contribution in [0.5, 0.6) is 17.2 Å². The van der Waals surface area contributed by atoms with Crippen molar-refractivity contribution in [1.29, 1.82) is 0 Å². The van der Waals surface area contributed by atoms with Crippen LogP contribution in [-0.4, -0.2) is 25.1 Å². The van der Waals surface area contributed by atoms with Gasteiger partial charge in [-0.25, -0.2) is 4.98 Å². The third-order valence-corrected chi connectivity index (χ3v) is 4.41. The molecule has 4 rings (SSSR count). The third-order valence-electron chi connectivity index (χ3n) is 3.66. The molecular formula is C18H15N3O3S. The summed E-state index contributed by atoms with van der Waals surface area (Å²) in [5.74, 6) is 2.33. The quantitative estimate of drug-likeness (QED) is 0.555. The molecule has 25 heavy (non-hydrogen) atoms. The molecule has 0 amide bonds. The topological polar surface area (TPSA) is 65.0 Å². The van der Waals surface area contributed by atoms with Gasteiger partial charge in [0.05, 0.1) is 19.0 Å². The molecule has 0 atom stereocenters. The maximum absolute atomic E-state index is 5.40. The van der Waals surface area contributed by atoms with Crippen LogP contribution in [0.25, 0.3) is 11.3 Å². The number of ether oxygens (including phenoxy) is 3. The second kappa shape index (κ2) is 6.82. The van der Waals surface area contributed by atoms with Crippen LogP contribution < -0.4 is 19.6 Å². The molecule has 2 aromatic carbocycles. The zero-order valence-electron chi connectivity index (χ0n) is 13.4. The fourth-order valence-corrected chi connectivity index (χ4v) is 3.03. The van der Waals surface area contributed by atoms with Crippen molar-refractivity contribution < 1.29 is 14.2 Å². The molecule has 2 heterocycles. The van der Waals surface area contributed by atoms with Crippen LogP contribution in [0.4, 0.5) is 5.13 Å². The van der Waals surface area contributed by atoms with Gasteiger partial charge in [-0.2, -0.15) is 5.10 Å². The van der Waals surface area contributed by atoms with Crippen LogP contribution in [0.15, 0.2) is 52.9 Å². The SMILES string of the molecule is COc1ccc(/C=N/Nc2nc(-c3ccc4c(c3)OCO4)cs2)cc1. The van der Waals surface area contributed by atoms with E-state index in [2.05, 4.69) is 15.5 Å². The van der Waals surface area contributed by atoms with Crippen molar-refractivity contribution in [2.24, 2.45) is 5.10 Å². The molecule has 1 aliphatic heterocycles.